The van der Waals surface area contributed by atoms with Crippen molar-refractivity contribution in [3.8, 4) is 11.5 Å². The molecule has 0 unspecified atom stereocenters. The van der Waals surface area contributed by atoms with Gasteiger partial charge in [-0.2, -0.15) is 5.10 Å². The van der Waals surface area contributed by atoms with E-state index in [0.717, 1.165) is 4.70 Å². The van der Waals surface area contributed by atoms with Gasteiger partial charge in [0, 0.05) is 22.2 Å². The summed E-state index contributed by atoms with van der Waals surface area (Å²) < 4.78 is 15.8. The second-order valence-electron chi connectivity index (χ2n) is 6.19. The van der Waals surface area contributed by atoms with Crippen LogP contribution in [0.15, 0.2) is 41.5 Å². The number of ether oxygens (including phenoxy) is 3. The Morgan fingerprint density at radius 3 is 2.72 bits per heavy atom. The van der Waals surface area contributed by atoms with E-state index in [1.165, 1.54) is 50.0 Å². The first kappa shape index (κ1) is 23.0. The number of nitro benzene ring substituents is 1. The fraction of sp³-hybridized carbons (Fsp3) is 0.150. The van der Waals surface area contributed by atoms with Crippen molar-refractivity contribution in [3.63, 3.8) is 0 Å². The number of methoxy groups -OCH3 is 2. The van der Waals surface area contributed by atoms with Crippen molar-refractivity contribution in [1.82, 2.24) is 5.43 Å². The van der Waals surface area contributed by atoms with Gasteiger partial charge in [-0.25, -0.2) is 10.2 Å². The molecule has 0 bridgehead atoms. The molecular formula is C20H16ClN3O7S. The summed E-state index contributed by atoms with van der Waals surface area (Å²) in [4.78, 5) is 34.4. The molecule has 0 radical (unpaired) electrons. The molecule has 1 aromatic heterocycles. The Morgan fingerprint density at radius 2 is 2.03 bits per heavy atom. The number of non-ortho nitro benzene ring substituents is 1. The first-order valence-corrected chi connectivity index (χ1v) is 10.1. The highest BCUT2D eigenvalue weighted by Crippen LogP contribution is 2.36. The van der Waals surface area contributed by atoms with E-state index in [-0.39, 0.29) is 28.8 Å². The van der Waals surface area contributed by atoms with Gasteiger partial charge in [0.2, 0.25) is 0 Å². The van der Waals surface area contributed by atoms with Gasteiger partial charge in [-0.1, -0.05) is 11.6 Å². The lowest BCUT2D eigenvalue weighted by molar-refractivity contribution is -0.384. The van der Waals surface area contributed by atoms with Crippen LogP contribution in [0.2, 0.25) is 5.02 Å². The summed E-state index contributed by atoms with van der Waals surface area (Å²) in [5.74, 6) is -0.617. The van der Waals surface area contributed by atoms with Crippen LogP contribution in [-0.4, -0.2) is 43.8 Å². The third-order valence-electron chi connectivity index (χ3n) is 4.13. The average molecular weight is 478 g/mol. The number of amides is 1. The van der Waals surface area contributed by atoms with Gasteiger partial charge in [0.15, 0.2) is 18.1 Å². The number of benzene rings is 2. The molecule has 2 aromatic carbocycles. The standard InChI is InChI=1S/C20H16ClN3O7S/c1-29-15-6-11(5-14(21)19(15)31-10-18(25)30-2)9-22-23-20(26)17-8-12-7-13(24(27)28)3-4-16(12)32-17/h3-9H,10H2,1-2H3,(H,23,26)/b22-9-. The monoisotopic (exact) mass is 477 g/mol. The number of hydrogen-bond acceptors (Lipinski definition) is 9. The van der Waals surface area contributed by atoms with E-state index in [1.54, 1.807) is 18.2 Å². The molecule has 3 rings (SSSR count). The van der Waals surface area contributed by atoms with E-state index in [4.69, 9.17) is 21.1 Å². The van der Waals surface area contributed by atoms with E-state index in [1.807, 2.05) is 0 Å². The second-order valence-corrected chi connectivity index (χ2v) is 7.68. The average Bonchev–Trinajstić information content (AvgIpc) is 3.21. The molecule has 32 heavy (non-hydrogen) atoms. The van der Waals surface area contributed by atoms with Crippen LogP contribution < -0.4 is 14.9 Å². The summed E-state index contributed by atoms with van der Waals surface area (Å²) in [7, 11) is 2.65. The number of nitro groups is 1. The quantitative estimate of drug-likeness (QED) is 0.226. The smallest absolute Gasteiger partial charge is 0.343 e. The second kappa shape index (κ2) is 10.1. The number of esters is 1. The lowest BCUT2D eigenvalue weighted by atomic mass is 10.2. The highest BCUT2D eigenvalue weighted by molar-refractivity contribution is 7.20. The number of rotatable bonds is 8. The molecule has 0 spiro atoms. The number of nitrogens with zero attached hydrogens (tertiary/aromatic N) is 2. The minimum Gasteiger partial charge on any atom is -0.493 e. The molecule has 12 heteroatoms. The molecule has 1 N–H and O–H groups in total. The third kappa shape index (κ3) is 5.31. The maximum atomic E-state index is 12.4. The van der Waals surface area contributed by atoms with Crippen LogP contribution in [0.4, 0.5) is 5.69 Å². The Labute approximate surface area is 190 Å². The van der Waals surface area contributed by atoms with Gasteiger partial charge in [-0.15, -0.1) is 11.3 Å². The predicted molar refractivity (Wildman–Crippen MR) is 119 cm³/mol. The Kier molecular flexibility index (Phi) is 7.23. The molecule has 0 atom stereocenters. The van der Waals surface area contributed by atoms with Crippen molar-refractivity contribution >= 4 is 56.8 Å². The zero-order valence-corrected chi connectivity index (χ0v) is 18.4. The van der Waals surface area contributed by atoms with Gasteiger partial charge in [0.1, 0.15) is 0 Å². The Morgan fingerprint density at radius 1 is 1.25 bits per heavy atom. The minimum atomic E-state index is -0.577. The highest BCUT2D eigenvalue weighted by atomic mass is 35.5. The third-order valence-corrected chi connectivity index (χ3v) is 5.52. The Hall–Kier alpha value is -3.70. The number of carbonyl (C=O) groups excluding carboxylic acids is 2. The topological polar surface area (TPSA) is 129 Å². The number of hydrazone groups is 1. The van der Waals surface area contributed by atoms with Gasteiger partial charge in [0.25, 0.3) is 11.6 Å². The number of hydrogen-bond donors (Lipinski definition) is 1. The molecule has 0 aliphatic carbocycles. The maximum absolute atomic E-state index is 12.4. The van der Waals surface area contributed by atoms with E-state index in [2.05, 4.69) is 15.3 Å². The normalized spacial score (nSPS) is 10.8. The minimum absolute atomic E-state index is 0.0508. The number of thiophene rings is 1. The molecule has 3 aromatic rings. The summed E-state index contributed by atoms with van der Waals surface area (Å²) in [6.07, 6.45) is 1.36. The van der Waals surface area contributed by atoms with Crippen molar-refractivity contribution in [1.29, 1.82) is 0 Å². The Balaban J connectivity index is 1.71. The fourth-order valence-corrected chi connectivity index (χ4v) is 3.83. The van der Waals surface area contributed by atoms with Crippen LogP contribution in [0.3, 0.4) is 0 Å². The van der Waals surface area contributed by atoms with Crippen LogP contribution in [-0.2, 0) is 9.53 Å². The van der Waals surface area contributed by atoms with Crippen molar-refractivity contribution in [2.75, 3.05) is 20.8 Å². The number of fused-ring (bicyclic) bond motifs is 1. The summed E-state index contributed by atoms with van der Waals surface area (Å²) in [5, 5.41) is 15.6. The number of nitrogens with one attached hydrogen (secondary N) is 1. The zero-order chi connectivity index (χ0) is 23.3. The van der Waals surface area contributed by atoms with Gasteiger partial charge in [0.05, 0.1) is 35.3 Å². The lowest BCUT2D eigenvalue weighted by Gasteiger charge is -2.12. The molecular weight excluding hydrogens is 462 g/mol. The van der Waals surface area contributed by atoms with Gasteiger partial charge in [-0.3, -0.25) is 14.9 Å². The maximum Gasteiger partial charge on any atom is 0.343 e. The van der Waals surface area contributed by atoms with Crippen LogP contribution in [0.1, 0.15) is 15.2 Å². The summed E-state index contributed by atoms with van der Waals surface area (Å²) >= 11 is 7.39. The molecule has 10 nitrogen and oxygen atoms in total. The van der Waals surface area contributed by atoms with Crippen LogP contribution in [0.5, 0.6) is 11.5 Å². The van der Waals surface area contributed by atoms with Gasteiger partial charge in [-0.05, 0) is 29.8 Å². The van der Waals surface area contributed by atoms with Crippen LogP contribution >= 0.6 is 22.9 Å². The SMILES string of the molecule is COC(=O)COc1c(Cl)cc(/C=N\NC(=O)c2cc3cc([N+](=O)[O-])ccc3s2)cc1OC. The first-order valence-electron chi connectivity index (χ1n) is 8.91. The summed E-state index contributed by atoms with van der Waals surface area (Å²) in [5.41, 5.74) is 2.85. The van der Waals surface area contributed by atoms with Crippen LogP contribution in [0.25, 0.3) is 10.1 Å². The molecule has 166 valence electrons. The van der Waals surface area contributed by atoms with E-state index >= 15 is 0 Å². The fourth-order valence-electron chi connectivity index (χ4n) is 2.62. The van der Waals surface area contributed by atoms with E-state index in [0.29, 0.717) is 15.8 Å². The zero-order valence-electron chi connectivity index (χ0n) is 16.8. The molecule has 0 aliphatic heterocycles. The predicted octanol–water partition coefficient (Wildman–Crippen LogP) is 3.79. The highest BCUT2D eigenvalue weighted by Gasteiger charge is 2.15. The summed E-state index contributed by atoms with van der Waals surface area (Å²) in [6, 6.07) is 9.03. The number of carbonyl (C=O) groups is 2. The van der Waals surface area contributed by atoms with E-state index in [9.17, 15) is 19.7 Å². The Bertz CT molecular complexity index is 1230. The van der Waals surface area contributed by atoms with Crippen molar-refractivity contribution in [3.05, 3.63) is 62.0 Å². The van der Waals surface area contributed by atoms with E-state index < -0.39 is 16.8 Å². The van der Waals surface area contributed by atoms with Crippen molar-refractivity contribution in [2.45, 2.75) is 0 Å². The molecule has 0 saturated heterocycles. The first-order chi connectivity index (χ1) is 15.3. The van der Waals surface area contributed by atoms with Crippen LogP contribution in [0, 0.1) is 10.1 Å². The summed E-state index contributed by atoms with van der Waals surface area (Å²) in [6.45, 7) is -0.339. The molecule has 1 heterocycles. The molecule has 0 saturated carbocycles. The molecule has 1 amide bonds. The molecule has 0 aliphatic rings. The molecule has 0 fully saturated rings. The number of halogens is 1. The van der Waals surface area contributed by atoms with Gasteiger partial charge < -0.3 is 14.2 Å². The van der Waals surface area contributed by atoms with Crippen molar-refractivity contribution in [2.24, 2.45) is 5.10 Å². The van der Waals surface area contributed by atoms with Crippen molar-refractivity contribution < 1.29 is 28.7 Å². The largest absolute Gasteiger partial charge is 0.493 e. The van der Waals surface area contributed by atoms with Gasteiger partial charge >= 0.3 is 5.97 Å². The lowest BCUT2D eigenvalue weighted by Crippen LogP contribution is -2.16.